The fourth-order valence-electron chi connectivity index (χ4n) is 2.11. The van der Waals surface area contributed by atoms with Crippen LogP contribution < -0.4 is 16.0 Å². The molecule has 0 fully saturated rings. The Morgan fingerprint density at radius 2 is 1.96 bits per heavy atom. The zero-order chi connectivity index (χ0) is 18.5. The normalized spacial score (nSPS) is 10.4. The first-order valence-corrected chi connectivity index (χ1v) is 8.44. The molecule has 9 heteroatoms. The highest BCUT2D eigenvalue weighted by atomic mass is 32.1. The second kappa shape index (κ2) is 7.79. The summed E-state index contributed by atoms with van der Waals surface area (Å²) < 4.78 is 18.0. The summed E-state index contributed by atoms with van der Waals surface area (Å²) in [5.74, 6) is -0.0577. The van der Waals surface area contributed by atoms with Gasteiger partial charge < -0.3 is 15.1 Å². The molecule has 26 heavy (non-hydrogen) atoms. The van der Waals surface area contributed by atoms with Crippen molar-refractivity contribution in [3.05, 3.63) is 64.8 Å². The summed E-state index contributed by atoms with van der Waals surface area (Å²) >= 11 is 1.06. The summed E-state index contributed by atoms with van der Waals surface area (Å²) in [7, 11) is 0. The molecule has 0 saturated carbocycles. The van der Waals surface area contributed by atoms with Crippen LogP contribution in [0.5, 0.6) is 0 Å². The van der Waals surface area contributed by atoms with Gasteiger partial charge in [0.05, 0.1) is 18.5 Å². The molecule has 3 rings (SSSR count). The van der Waals surface area contributed by atoms with Gasteiger partial charge in [-0.25, -0.2) is 14.2 Å². The van der Waals surface area contributed by atoms with E-state index in [1.54, 1.807) is 19.1 Å². The highest BCUT2D eigenvalue weighted by molar-refractivity contribution is 7.17. The molecule has 0 bridgehead atoms. The lowest BCUT2D eigenvalue weighted by molar-refractivity contribution is 0.0951. The van der Waals surface area contributed by atoms with Crippen molar-refractivity contribution in [2.45, 2.75) is 13.5 Å². The van der Waals surface area contributed by atoms with Crippen LogP contribution in [-0.4, -0.2) is 16.9 Å². The van der Waals surface area contributed by atoms with Crippen molar-refractivity contribution < 1.29 is 18.4 Å². The number of nitrogens with zero attached hydrogens (tertiary/aromatic N) is 1. The number of halogens is 1. The van der Waals surface area contributed by atoms with Gasteiger partial charge in [-0.1, -0.05) is 11.3 Å². The van der Waals surface area contributed by atoms with E-state index in [0.29, 0.717) is 22.0 Å². The monoisotopic (exact) mass is 374 g/mol. The lowest BCUT2D eigenvalue weighted by Gasteiger charge is -2.04. The average molecular weight is 374 g/mol. The summed E-state index contributed by atoms with van der Waals surface area (Å²) in [5.41, 5.74) is 0.942. The molecule has 2 aromatic heterocycles. The van der Waals surface area contributed by atoms with Crippen molar-refractivity contribution in [2.75, 3.05) is 10.6 Å². The van der Waals surface area contributed by atoms with Crippen LogP contribution in [0.4, 0.5) is 20.0 Å². The van der Waals surface area contributed by atoms with Crippen molar-refractivity contribution in [2.24, 2.45) is 0 Å². The van der Waals surface area contributed by atoms with E-state index in [2.05, 4.69) is 20.9 Å². The van der Waals surface area contributed by atoms with Crippen LogP contribution in [0, 0.1) is 12.7 Å². The predicted octanol–water partition coefficient (Wildman–Crippen LogP) is 3.76. The largest absolute Gasteiger partial charge is 0.467 e. The fourth-order valence-corrected chi connectivity index (χ4v) is 2.99. The predicted molar refractivity (Wildman–Crippen MR) is 95.8 cm³/mol. The van der Waals surface area contributed by atoms with Crippen LogP contribution >= 0.6 is 11.3 Å². The number of nitrogens with one attached hydrogen (secondary N) is 3. The van der Waals surface area contributed by atoms with E-state index in [4.69, 9.17) is 4.42 Å². The third-order valence-corrected chi connectivity index (χ3v) is 4.40. The molecule has 0 saturated heterocycles. The van der Waals surface area contributed by atoms with Crippen molar-refractivity contribution in [1.29, 1.82) is 0 Å². The standard InChI is InChI=1S/C17H15FN4O3S/c1-10-14(15(23)19-9-13-3-2-8-25-13)26-17(20-10)22-16(24)21-12-6-4-11(18)5-7-12/h2-8H,9H2,1H3,(H,19,23)(H2,20,21,22,24). The number of aryl methyl sites for hydroxylation is 1. The number of carbonyl (C=O) groups excluding carboxylic acids is 2. The van der Waals surface area contributed by atoms with Crippen molar-refractivity contribution in [3.63, 3.8) is 0 Å². The Bertz CT molecular complexity index is 907. The Hall–Kier alpha value is -3.20. The van der Waals surface area contributed by atoms with E-state index in [9.17, 15) is 14.0 Å². The molecule has 0 aliphatic heterocycles. The van der Waals surface area contributed by atoms with Crippen LogP contribution in [0.1, 0.15) is 21.1 Å². The second-order valence-corrected chi connectivity index (χ2v) is 6.28. The first kappa shape index (κ1) is 17.6. The lowest BCUT2D eigenvalue weighted by Crippen LogP contribution is -2.22. The molecule has 0 atom stereocenters. The molecular formula is C17H15FN4O3S. The van der Waals surface area contributed by atoms with Crippen LogP contribution in [-0.2, 0) is 6.54 Å². The van der Waals surface area contributed by atoms with Crippen molar-refractivity contribution >= 4 is 34.1 Å². The molecule has 3 amide bonds. The smallest absolute Gasteiger partial charge is 0.325 e. The third kappa shape index (κ3) is 4.45. The molecule has 3 N–H and O–H groups in total. The van der Waals surface area contributed by atoms with Gasteiger partial charge in [0.25, 0.3) is 5.91 Å². The van der Waals surface area contributed by atoms with E-state index >= 15 is 0 Å². The molecule has 0 spiro atoms. The van der Waals surface area contributed by atoms with Gasteiger partial charge in [0.2, 0.25) is 0 Å². The fraction of sp³-hybridized carbons (Fsp3) is 0.118. The van der Waals surface area contributed by atoms with Crippen LogP contribution in [0.3, 0.4) is 0 Å². The number of benzene rings is 1. The van der Waals surface area contributed by atoms with Gasteiger partial charge in [0.15, 0.2) is 5.13 Å². The first-order chi connectivity index (χ1) is 12.5. The Labute approximate surface area is 152 Å². The molecule has 1 aromatic carbocycles. The number of amides is 3. The maximum absolute atomic E-state index is 12.9. The summed E-state index contributed by atoms with van der Waals surface area (Å²) in [6.45, 7) is 1.94. The minimum Gasteiger partial charge on any atom is -0.467 e. The molecule has 134 valence electrons. The minimum absolute atomic E-state index is 0.261. The Morgan fingerprint density at radius 1 is 1.19 bits per heavy atom. The number of hydrogen-bond donors (Lipinski definition) is 3. The van der Waals surface area contributed by atoms with Crippen LogP contribution in [0.2, 0.25) is 0 Å². The molecule has 0 radical (unpaired) electrons. The third-order valence-electron chi connectivity index (χ3n) is 3.33. The quantitative estimate of drug-likeness (QED) is 0.634. The highest BCUT2D eigenvalue weighted by Gasteiger charge is 2.16. The Morgan fingerprint density at radius 3 is 2.65 bits per heavy atom. The summed E-state index contributed by atoms with van der Waals surface area (Å²) in [4.78, 5) is 28.8. The highest BCUT2D eigenvalue weighted by Crippen LogP contribution is 2.23. The van der Waals surface area contributed by atoms with E-state index < -0.39 is 11.8 Å². The maximum atomic E-state index is 12.9. The lowest BCUT2D eigenvalue weighted by atomic mass is 10.3. The minimum atomic E-state index is -0.534. The number of furan rings is 1. The van der Waals surface area contributed by atoms with Gasteiger partial charge in [0.1, 0.15) is 16.5 Å². The van der Waals surface area contributed by atoms with Crippen LogP contribution in [0.25, 0.3) is 0 Å². The number of aromatic nitrogens is 1. The number of hydrogen-bond acceptors (Lipinski definition) is 5. The summed E-state index contributed by atoms with van der Waals surface area (Å²) in [6, 6.07) is 8.32. The maximum Gasteiger partial charge on any atom is 0.325 e. The number of carbonyl (C=O) groups is 2. The van der Waals surface area contributed by atoms with E-state index in [1.165, 1.54) is 30.5 Å². The van der Waals surface area contributed by atoms with Gasteiger partial charge >= 0.3 is 6.03 Å². The van der Waals surface area contributed by atoms with Crippen molar-refractivity contribution in [1.82, 2.24) is 10.3 Å². The molecule has 7 nitrogen and oxygen atoms in total. The van der Waals surface area contributed by atoms with Gasteiger partial charge in [-0.05, 0) is 43.3 Å². The summed E-state index contributed by atoms with van der Waals surface area (Å²) in [5, 5.41) is 8.12. The number of urea groups is 1. The molecule has 3 aromatic rings. The van der Waals surface area contributed by atoms with E-state index in [0.717, 1.165) is 11.3 Å². The molecule has 2 heterocycles. The zero-order valence-corrected chi connectivity index (χ0v) is 14.5. The molecule has 0 aliphatic carbocycles. The van der Waals surface area contributed by atoms with Gasteiger partial charge in [-0.15, -0.1) is 0 Å². The molecular weight excluding hydrogens is 359 g/mol. The topological polar surface area (TPSA) is 96.3 Å². The second-order valence-electron chi connectivity index (χ2n) is 5.28. The van der Waals surface area contributed by atoms with Gasteiger partial charge in [-0.2, -0.15) is 0 Å². The molecule has 0 aliphatic rings. The van der Waals surface area contributed by atoms with E-state index in [1.807, 2.05) is 0 Å². The summed E-state index contributed by atoms with van der Waals surface area (Å²) in [6.07, 6.45) is 1.53. The van der Waals surface area contributed by atoms with Crippen LogP contribution in [0.15, 0.2) is 47.1 Å². The SMILES string of the molecule is Cc1nc(NC(=O)Nc2ccc(F)cc2)sc1C(=O)NCc1ccco1. The van der Waals surface area contributed by atoms with Crippen molar-refractivity contribution in [3.8, 4) is 0 Å². The zero-order valence-electron chi connectivity index (χ0n) is 13.7. The Kier molecular flexibility index (Phi) is 5.28. The van der Waals surface area contributed by atoms with E-state index in [-0.39, 0.29) is 17.6 Å². The number of rotatable bonds is 5. The first-order valence-electron chi connectivity index (χ1n) is 7.63. The molecule has 0 unspecified atom stereocenters. The average Bonchev–Trinajstić information content (AvgIpc) is 3.24. The van der Waals surface area contributed by atoms with Gasteiger partial charge in [-0.3, -0.25) is 10.1 Å². The van der Waals surface area contributed by atoms with Gasteiger partial charge in [0, 0.05) is 5.69 Å². The number of anilines is 2. The number of thiazole rings is 1. The Balaban J connectivity index is 1.59.